The number of hydrogen-bond donors (Lipinski definition) is 4. The molecule has 0 aromatic heterocycles. The van der Waals surface area contributed by atoms with Gasteiger partial charge in [-0.2, -0.15) is 0 Å². The van der Waals surface area contributed by atoms with Gasteiger partial charge in [-0.25, -0.2) is 14.0 Å². The Kier molecular flexibility index (Phi) is 7.37. The molecule has 0 radical (unpaired) electrons. The van der Waals surface area contributed by atoms with Gasteiger partial charge in [-0.15, -0.1) is 0 Å². The van der Waals surface area contributed by atoms with Crippen LogP contribution in [0.15, 0.2) is 18.2 Å². The predicted octanol–water partition coefficient (Wildman–Crippen LogP) is 2.87. The lowest BCUT2D eigenvalue weighted by atomic mass is 9.96. The highest BCUT2D eigenvalue weighted by molar-refractivity contribution is 5.94. The van der Waals surface area contributed by atoms with E-state index < -0.39 is 17.7 Å². The number of aromatic carboxylic acids is 1. The molecule has 1 aromatic rings. The van der Waals surface area contributed by atoms with E-state index in [0.29, 0.717) is 13.0 Å². The van der Waals surface area contributed by atoms with Crippen LogP contribution in [0.5, 0.6) is 0 Å². The lowest BCUT2D eigenvalue weighted by Crippen LogP contribution is -2.43. The molecular formula is C18H24FN3O4. The molecule has 0 heterocycles. The Morgan fingerprint density at radius 1 is 1.15 bits per heavy atom. The van der Waals surface area contributed by atoms with E-state index in [2.05, 4.69) is 16.0 Å². The number of nitrogens with one attached hydrogen (secondary N) is 3. The second kappa shape index (κ2) is 9.74. The van der Waals surface area contributed by atoms with Gasteiger partial charge in [0.05, 0.1) is 11.3 Å². The summed E-state index contributed by atoms with van der Waals surface area (Å²) in [7, 11) is 0. The monoisotopic (exact) mass is 365 g/mol. The minimum absolute atomic E-state index is 0.0838. The number of hydrogen-bond acceptors (Lipinski definition) is 3. The van der Waals surface area contributed by atoms with Crippen LogP contribution in [0.4, 0.5) is 14.9 Å². The van der Waals surface area contributed by atoms with Gasteiger partial charge in [0.2, 0.25) is 5.91 Å². The number of carboxylic acid groups (broad SMARTS) is 1. The third-order valence-electron chi connectivity index (χ3n) is 4.29. The van der Waals surface area contributed by atoms with Crippen LogP contribution in [0, 0.1) is 5.82 Å². The molecule has 0 bridgehead atoms. The zero-order chi connectivity index (χ0) is 18.9. The zero-order valence-electron chi connectivity index (χ0n) is 14.5. The molecule has 0 spiro atoms. The molecule has 4 N–H and O–H groups in total. The van der Waals surface area contributed by atoms with E-state index in [0.717, 1.165) is 43.9 Å². The zero-order valence-corrected chi connectivity index (χ0v) is 14.5. The standard InChI is InChI=1S/C18H24FN3O4/c19-14-9-8-12(17(24)25)11-15(14)22-16(23)7-4-10-20-18(26)21-13-5-2-1-3-6-13/h8-9,11,13H,1-7,10H2,(H,22,23)(H,24,25)(H2,20,21,26). The van der Waals surface area contributed by atoms with Crippen LogP contribution in [0.25, 0.3) is 0 Å². The maximum atomic E-state index is 13.6. The predicted molar refractivity (Wildman–Crippen MR) is 94.6 cm³/mol. The summed E-state index contributed by atoms with van der Waals surface area (Å²) in [5, 5.41) is 16.9. The van der Waals surface area contributed by atoms with Gasteiger partial charge in [0.1, 0.15) is 5.82 Å². The summed E-state index contributed by atoms with van der Waals surface area (Å²) in [4.78, 5) is 34.5. The van der Waals surface area contributed by atoms with Gasteiger partial charge >= 0.3 is 12.0 Å². The lowest BCUT2D eigenvalue weighted by molar-refractivity contribution is -0.116. The first-order chi connectivity index (χ1) is 12.5. The Hall–Kier alpha value is -2.64. The largest absolute Gasteiger partial charge is 0.478 e. The van der Waals surface area contributed by atoms with Crippen molar-refractivity contribution in [3.05, 3.63) is 29.6 Å². The smallest absolute Gasteiger partial charge is 0.335 e. The summed E-state index contributed by atoms with van der Waals surface area (Å²) in [6.07, 6.45) is 5.94. The molecule has 1 aliphatic carbocycles. The number of carbonyl (C=O) groups is 3. The topological polar surface area (TPSA) is 108 Å². The number of carboxylic acids is 1. The lowest BCUT2D eigenvalue weighted by Gasteiger charge is -2.22. The fourth-order valence-electron chi connectivity index (χ4n) is 2.90. The fraction of sp³-hybridized carbons (Fsp3) is 0.500. The van der Waals surface area contributed by atoms with E-state index in [9.17, 15) is 18.8 Å². The summed E-state index contributed by atoms with van der Waals surface area (Å²) in [5.41, 5.74) is -0.277. The average molecular weight is 365 g/mol. The number of halogens is 1. The van der Waals surface area contributed by atoms with Crippen molar-refractivity contribution in [1.29, 1.82) is 0 Å². The molecule has 0 saturated heterocycles. The maximum absolute atomic E-state index is 13.6. The van der Waals surface area contributed by atoms with Crippen molar-refractivity contribution < 1.29 is 23.9 Å². The molecule has 1 fully saturated rings. The van der Waals surface area contributed by atoms with E-state index in [1.165, 1.54) is 6.42 Å². The molecule has 8 heteroatoms. The highest BCUT2D eigenvalue weighted by Gasteiger charge is 2.15. The molecule has 0 unspecified atom stereocenters. The SMILES string of the molecule is O=C(CCCNC(=O)NC1CCCCC1)Nc1cc(C(=O)O)ccc1F. The minimum Gasteiger partial charge on any atom is -0.478 e. The molecule has 3 amide bonds. The molecule has 142 valence electrons. The molecule has 2 rings (SSSR count). The summed E-state index contributed by atoms with van der Waals surface area (Å²) in [6, 6.07) is 3.18. The van der Waals surface area contributed by atoms with Crippen LogP contribution in [0.1, 0.15) is 55.3 Å². The van der Waals surface area contributed by atoms with Gasteiger partial charge in [-0.05, 0) is 37.5 Å². The van der Waals surface area contributed by atoms with E-state index >= 15 is 0 Å². The van der Waals surface area contributed by atoms with E-state index in [1.807, 2.05) is 0 Å². The summed E-state index contributed by atoms with van der Waals surface area (Å²) < 4.78 is 13.6. The van der Waals surface area contributed by atoms with E-state index in [-0.39, 0.29) is 29.7 Å². The van der Waals surface area contributed by atoms with Crippen LogP contribution in [-0.4, -0.2) is 35.6 Å². The van der Waals surface area contributed by atoms with Crippen molar-refractivity contribution in [2.75, 3.05) is 11.9 Å². The molecule has 0 atom stereocenters. The second-order valence-electron chi connectivity index (χ2n) is 6.39. The van der Waals surface area contributed by atoms with Gasteiger partial charge in [-0.1, -0.05) is 19.3 Å². The van der Waals surface area contributed by atoms with Crippen molar-refractivity contribution in [3.8, 4) is 0 Å². The highest BCUT2D eigenvalue weighted by Crippen LogP contribution is 2.17. The van der Waals surface area contributed by atoms with Gasteiger partial charge in [0.25, 0.3) is 0 Å². The van der Waals surface area contributed by atoms with Crippen molar-refractivity contribution in [2.24, 2.45) is 0 Å². The molecule has 26 heavy (non-hydrogen) atoms. The first-order valence-corrected chi connectivity index (χ1v) is 8.83. The molecule has 1 aromatic carbocycles. The van der Waals surface area contributed by atoms with Crippen molar-refractivity contribution in [2.45, 2.75) is 51.0 Å². The number of anilines is 1. The number of rotatable bonds is 7. The summed E-state index contributed by atoms with van der Waals surface area (Å²) in [6.45, 7) is 0.323. The maximum Gasteiger partial charge on any atom is 0.335 e. The number of amides is 3. The summed E-state index contributed by atoms with van der Waals surface area (Å²) >= 11 is 0. The van der Waals surface area contributed by atoms with Gasteiger partial charge in [0.15, 0.2) is 0 Å². The first-order valence-electron chi connectivity index (χ1n) is 8.83. The van der Waals surface area contributed by atoms with Gasteiger partial charge in [0, 0.05) is 19.0 Å². The molecule has 7 nitrogen and oxygen atoms in total. The second-order valence-corrected chi connectivity index (χ2v) is 6.39. The molecule has 1 saturated carbocycles. The van der Waals surface area contributed by atoms with E-state index in [1.54, 1.807) is 0 Å². The Morgan fingerprint density at radius 3 is 2.58 bits per heavy atom. The number of carbonyl (C=O) groups excluding carboxylic acids is 2. The van der Waals surface area contributed by atoms with Crippen molar-refractivity contribution in [1.82, 2.24) is 10.6 Å². The number of urea groups is 1. The van der Waals surface area contributed by atoms with Crippen molar-refractivity contribution >= 4 is 23.6 Å². The average Bonchev–Trinajstić information content (AvgIpc) is 2.61. The van der Waals surface area contributed by atoms with E-state index in [4.69, 9.17) is 5.11 Å². The van der Waals surface area contributed by atoms with Crippen LogP contribution < -0.4 is 16.0 Å². The normalized spacial score (nSPS) is 14.5. The Bertz CT molecular complexity index is 660. The third-order valence-corrected chi connectivity index (χ3v) is 4.29. The van der Waals surface area contributed by atoms with Crippen molar-refractivity contribution in [3.63, 3.8) is 0 Å². The minimum atomic E-state index is -1.20. The Morgan fingerprint density at radius 2 is 1.88 bits per heavy atom. The summed E-state index contributed by atoms with van der Waals surface area (Å²) in [5.74, 6) is -2.34. The quantitative estimate of drug-likeness (QED) is 0.557. The van der Waals surface area contributed by atoms with Gasteiger partial charge < -0.3 is 21.1 Å². The van der Waals surface area contributed by atoms with Crippen LogP contribution in [-0.2, 0) is 4.79 Å². The van der Waals surface area contributed by atoms with Crippen LogP contribution in [0.2, 0.25) is 0 Å². The first kappa shape index (κ1) is 19.7. The Balaban J connectivity index is 1.68. The molecular weight excluding hydrogens is 341 g/mol. The highest BCUT2D eigenvalue weighted by atomic mass is 19.1. The fourth-order valence-corrected chi connectivity index (χ4v) is 2.90. The number of benzene rings is 1. The van der Waals surface area contributed by atoms with Crippen LogP contribution >= 0.6 is 0 Å². The van der Waals surface area contributed by atoms with Crippen LogP contribution in [0.3, 0.4) is 0 Å². The third kappa shape index (κ3) is 6.34. The molecule has 0 aliphatic heterocycles. The van der Waals surface area contributed by atoms with Gasteiger partial charge in [-0.3, -0.25) is 4.79 Å². The molecule has 1 aliphatic rings. The Labute approximate surface area is 151 Å².